The highest BCUT2D eigenvalue weighted by Gasteiger charge is 2.32. The Hall–Kier alpha value is -1.50. The average Bonchev–Trinajstić information content (AvgIpc) is 2.72. The van der Waals surface area contributed by atoms with E-state index in [2.05, 4.69) is 36.9 Å². The Bertz CT molecular complexity index is 793. The van der Waals surface area contributed by atoms with Gasteiger partial charge in [0.25, 0.3) is 0 Å². The Morgan fingerprint density at radius 1 is 1.15 bits per heavy atom. The molecule has 27 heavy (non-hydrogen) atoms. The highest BCUT2D eigenvalue weighted by Crippen LogP contribution is 2.43. The molecule has 0 N–H and O–H groups in total. The highest BCUT2D eigenvalue weighted by atomic mass is 32.2. The van der Waals surface area contributed by atoms with Crippen molar-refractivity contribution >= 4 is 51.7 Å². The van der Waals surface area contributed by atoms with E-state index in [1.54, 1.807) is 0 Å². The first-order chi connectivity index (χ1) is 13.2. The Labute approximate surface area is 175 Å². The van der Waals surface area contributed by atoms with Crippen molar-refractivity contribution in [3.8, 4) is 0 Å². The lowest BCUT2D eigenvalue weighted by Crippen LogP contribution is -2.40. The number of thiocarbonyl (C=S) groups is 1. The molecule has 3 rings (SSSR count). The molecule has 1 aliphatic heterocycles. The van der Waals surface area contributed by atoms with Gasteiger partial charge in [-0.15, -0.1) is 11.8 Å². The second-order valence-electron chi connectivity index (χ2n) is 6.20. The van der Waals surface area contributed by atoms with Crippen molar-refractivity contribution in [1.82, 2.24) is 4.90 Å². The number of anilines is 1. The predicted octanol–water partition coefficient (Wildman–Crippen LogP) is 5.23. The number of benzene rings is 2. The fourth-order valence-electron chi connectivity index (χ4n) is 3.18. The molecule has 0 bridgehead atoms. The molecular formula is C21H24N2OS3. The third-order valence-corrected chi connectivity index (χ3v) is 7.27. The lowest BCUT2D eigenvalue weighted by molar-refractivity contribution is -0.116. The summed E-state index contributed by atoms with van der Waals surface area (Å²) in [5, 5.41) is 0. The molecule has 0 aliphatic carbocycles. The molecule has 142 valence electrons. The monoisotopic (exact) mass is 416 g/mol. The lowest BCUT2D eigenvalue weighted by Gasteiger charge is -2.37. The molecule has 3 nitrogen and oxygen atoms in total. The Balaban J connectivity index is 1.84. The van der Waals surface area contributed by atoms with E-state index >= 15 is 0 Å². The zero-order valence-electron chi connectivity index (χ0n) is 15.6. The van der Waals surface area contributed by atoms with Crippen LogP contribution in [-0.2, 0) is 4.79 Å². The van der Waals surface area contributed by atoms with Crippen LogP contribution < -0.4 is 4.90 Å². The average molecular weight is 417 g/mol. The van der Waals surface area contributed by atoms with E-state index in [4.69, 9.17) is 12.2 Å². The predicted molar refractivity (Wildman–Crippen MR) is 122 cm³/mol. The molecule has 0 saturated carbocycles. The Morgan fingerprint density at radius 2 is 1.81 bits per heavy atom. The van der Waals surface area contributed by atoms with Crippen molar-refractivity contribution in [3.05, 3.63) is 60.2 Å². The molecular weight excluding hydrogens is 392 g/mol. The van der Waals surface area contributed by atoms with Gasteiger partial charge in [-0.3, -0.25) is 4.79 Å². The quantitative estimate of drug-likeness (QED) is 0.622. The number of hydrogen-bond donors (Lipinski definition) is 0. The smallest absolute Gasteiger partial charge is 0.238 e. The SMILES string of the molecule is CCN(CC)C(=S)SCC(=O)N1c2ccccc2SC[C@H]1c1ccccc1. The number of nitrogens with zero attached hydrogens (tertiary/aromatic N) is 2. The van der Waals surface area contributed by atoms with E-state index in [0.717, 1.165) is 33.7 Å². The van der Waals surface area contributed by atoms with Gasteiger partial charge in [0.1, 0.15) is 4.32 Å². The summed E-state index contributed by atoms with van der Waals surface area (Å²) in [7, 11) is 0. The summed E-state index contributed by atoms with van der Waals surface area (Å²) in [6.07, 6.45) is 0. The maximum absolute atomic E-state index is 13.3. The largest absolute Gasteiger partial charge is 0.358 e. The molecule has 2 aromatic rings. The summed E-state index contributed by atoms with van der Waals surface area (Å²) in [6.45, 7) is 5.90. The third kappa shape index (κ3) is 4.68. The minimum absolute atomic E-state index is 0.0428. The summed E-state index contributed by atoms with van der Waals surface area (Å²) >= 11 is 8.79. The standard InChI is InChI=1S/C21H24N2OS3/c1-3-22(4-2)21(25)27-15-20(24)23-17-12-8-9-13-19(17)26-14-18(23)16-10-6-5-7-11-16/h5-13,18H,3-4,14-15H2,1-2H3/t18-/m0/s1. The number of rotatable bonds is 5. The molecule has 2 aromatic carbocycles. The minimum Gasteiger partial charge on any atom is -0.358 e. The first-order valence-corrected chi connectivity index (χ1v) is 11.5. The first-order valence-electron chi connectivity index (χ1n) is 9.16. The van der Waals surface area contributed by atoms with Gasteiger partial charge in [0.2, 0.25) is 5.91 Å². The molecule has 0 unspecified atom stereocenters. The summed E-state index contributed by atoms with van der Waals surface area (Å²) in [5.74, 6) is 1.33. The van der Waals surface area contributed by atoms with Gasteiger partial charge < -0.3 is 9.80 Å². The molecule has 0 radical (unpaired) electrons. The van der Waals surface area contributed by atoms with Gasteiger partial charge in [-0.05, 0) is 31.5 Å². The molecule has 1 heterocycles. The molecule has 0 aromatic heterocycles. The van der Waals surface area contributed by atoms with E-state index in [-0.39, 0.29) is 11.9 Å². The maximum atomic E-state index is 13.3. The number of carbonyl (C=O) groups is 1. The topological polar surface area (TPSA) is 23.6 Å². The second kappa shape index (κ2) is 9.62. The first kappa shape index (κ1) is 20.2. The van der Waals surface area contributed by atoms with Gasteiger partial charge in [0.05, 0.1) is 17.5 Å². The molecule has 1 atom stereocenters. The summed E-state index contributed by atoms with van der Waals surface area (Å²) < 4.78 is 0.796. The lowest BCUT2D eigenvalue weighted by atomic mass is 10.1. The van der Waals surface area contributed by atoms with Crippen LogP contribution in [0.4, 0.5) is 5.69 Å². The van der Waals surface area contributed by atoms with Crippen LogP contribution in [0.25, 0.3) is 0 Å². The van der Waals surface area contributed by atoms with Gasteiger partial charge >= 0.3 is 0 Å². The maximum Gasteiger partial charge on any atom is 0.238 e. The molecule has 0 saturated heterocycles. The van der Waals surface area contributed by atoms with Crippen molar-refractivity contribution in [2.24, 2.45) is 0 Å². The summed E-state index contributed by atoms with van der Waals surface area (Å²) in [4.78, 5) is 18.5. The van der Waals surface area contributed by atoms with E-state index < -0.39 is 0 Å². The van der Waals surface area contributed by atoms with Crippen LogP contribution in [0.3, 0.4) is 0 Å². The Morgan fingerprint density at radius 3 is 2.52 bits per heavy atom. The van der Waals surface area contributed by atoms with Gasteiger partial charge in [-0.1, -0.05) is 66.4 Å². The van der Waals surface area contributed by atoms with Crippen molar-refractivity contribution in [3.63, 3.8) is 0 Å². The van der Waals surface area contributed by atoms with E-state index in [1.165, 1.54) is 17.3 Å². The number of amides is 1. The van der Waals surface area contributed by atoms with Gasteiger partial charge in [-0.25, -0.2) is 0 Å². The number of carbonyl (C=O) groups excluding carboxylic acids is 1. The second-order valence-corrected chi connectivity index (χ2v) is 8.87. The van der Waals surface area contributed by atoms with E-state index in [9.17, 15) is 4.79 Å². The number of hydrogen-bond acceptors (Lipinski definition) is 4. The fraction of sp³-hybridized carbons (Fsp3) is 0.333. The highest BCUT2D eigenvalue weighted by molar-refractivity contribution is 8.23. The Kier molecular flexibility index (Phi) is 7.21. The zero-order valence-corrected chi connectivity index (χ0v) is 18.1. The van der Waals surface area contributed by atoms with Crippen molar-refractivity contribution in [2.75, 3.05) is 29.5 Å². The van der Waals surface area contributed by atoms with Crippen LogP contribution >= 0.6 is 35.7 Å². The van der Waals surface area contributed by atoms with Gasteiger partial charge in [-0.2, -0.15) is 0 Å². The summed E-state index contributed by atoms with van der Waals surface area (Å²) in [6, 6.07) is 18.5. The normalized spacial score (nSPS) is 15.9. The van der Waals surface area contributed by atoms with E-state index in [1.807, 2.05) is 53.1 Å². The van der Waals surface area contributed by atoms with Crippen LogP contribution in [0.5, 0.6) is 0 Å². The zero-order chi connectivity index (χ0) is 19.2. The third-order valence-electron chi connectivity index (χ3n) is 4.63. The van der Waals surface area contributed by atoms with Gasteiger partial charge in [0.15, 0.2) is 0 Å². The number of thioether (sulfide) groups is 2. The molecule has 0 spiro atoms. The minimum atomic E-state index is 0.0428. The van der Waals surface area contributed by atoms with E-state index in [0.29, 0.717) is 5.75 Å². The van der Waals surface area contributed by atoms with Crippen LogP contribution in [0, 0.1) is 0 Å². The van der Waals surface area contributed by atoms with Crippen molar-refractivity contribution < 1.29 is 4.79 Å². The molecule has 1 aliphatic rings. The van der Waals surface area contributed by atoms with Crippen molar-refractivity contribution in [2.45, 2.75) is 24.8 Å². The molecule has 6 heteroatoms. The van der Waals surface area contributed by atoms with Crippen LogP contribution in [0.1, 0.15) is 25.5 Å². The number of fused-ring (bicyclic) bond motifs is 1. The van der Waals surface area contributed by atoms with Crippen LogP contribution in [0.15, 0.2) is 59.5 Å². The number of para-hydroxylation sites is 1. The van der Waals surface area contributed by atoms with Crippen LogP contribution in [-0.4, -0.2) is 39.7 Å². The van der Waals surface area contributed by atoms with Crippen LogP contribution in [0.2, 0.25) is 0 Å². The molecule has 1 amide bonds. The molecule has 0 fully saturated rings. The fourth-order valence-corrected chi connectivity index (χ4v) is 5.61. The summed E-state index contributed by atoms with van der Waals surface area (Å²) in [5.41, 5.74) is 2.17. The van der Waals surface area contributed by atoms with Gasteiger partial charge in [0, 0.05) is 23.7 Å². The van der Waals surface area contributed by atoms with Crippen molar-refractivity contribution in [1.29, 1.82) is 0 Å².